The second-order valence-electron chi connectivity index (χ2n) is 2.74. The Bertz CT molecular complexity index is 248. The molecule has 0 saturated heterocycles. The van der Waals surface area contributed by atoms with Gasteiger partial charge in [-0.1, -0.05) is 0 Å². The molecule has 0 saturated carbocycles. The van der Waals surface area contributed by atoms with Crippen LogP contribution in [0, 0.1) is 5.92 Å². The quantitative estimate of drug-likeness (QED) is 0.537. The van der Waals surface area contributed by atoms with Gasteiger partial charge in [0.2, 0.25) is 0 Å². The number of aromatic amines is 1. The second kappa shape index (κ2) is 4.74. The van der Waals surface area contributed by atoms with E-state index in [0.717, 1.165) is 12.0 Å². The summed E-state index contributed by atoms with van der Waals surface area (Å²) in [6.07, 6.45) is 3.97. The van der Waals surface area contributed by atoms with Gasteiger partial charge < -0.3 is 20.2 Å². The van der Waals surface area contributed by atoms with Gasteiger partial charge in [-0.15, -0.1) is 0 Å². The molecule has 2 atom stereocenters. The smallest absolute Gasteiger partial charge is 0.127 e. The van der Waals surface area contributed by atoms with Crippen molar-refractivity contribution < 1.29 is 9.90 Å². The first-order valence-electron chi connectivity index (χ1n) is 4.05. The minimum atomic E-state index is -0.451. The van der Waals surface area contributed by atoms with Crippen molar-refractivity contribution >= 4 is 6.29 Å². The van der Waals surface area contributed by atoms with E-state index in [9.17, 15) is 4.79 Å². The molecular formula is C8H13N3O2. The number of hydrogen-bond donors (Lipinski definition) is 3. The van der Waals surface area contributed by atoms with Crippen LogP contribution < -0.4 is 5.32 Å². The lowest BCUT2D eigenvalue weighted by Crippen LogP contribution is -2.28. The highest BCUT2D eigenvalue weighted by molar-refractivity contribution is 5.55. The van der Waals surface area contributed by atoms with E-state index in [0.29, 0.717) is 0 Å². The van der Waals surface area contributed by atoms with Gasteiger partial charge in [0.25, 0.3) is 0 Å². The minimum absolute atomic E-state index is 0.179. The average Bonchev–Trinajstić information content (AvgIpc) is 2.66. The van der Waals surface area contributed by atoms with Crippen molar-refractivity contribution in [2.75, 3.05) is 13.7 Å². The molecule has 72 valence electrons. The largest absolute Gasteiger partial charge is 0.396 e. The third kappa shape index (κ3) is 2.13. The van der Waals surface area contributed by atoms with Crippen molar-refractivity contribution in [1.82, 2.24) is 15.3 Å². The van der Waals surface area contributed by atoms with Crippen LogP contribution >= 0.6 is 0 Å². The first-order chi connectivity index (χ1) is 6.33. The van der Waals surface area contributed by atoms with Gasteiger partial charge in [-0.05, 0) is 7.05 Å². The number of aromatic nitrogens is 2. The number of H-pyrrole nitrogens is 1. The van der Waals surface area contributed by atoms with Gasteiger partial charge in [0.1, 0.15) is 6.29 Å². The molecule has 5 nitrogen and oxygen atoms in total. The Morgan fingerprint density at radius 3 is 3.00 bits per heavy atom. The third-order valence-corrected chi connectivity index (χ3v) is 1.96. The van der Waals surface area contributed by atoms with Crippen LogP contribution in [0.4, 0.5) is 0 Å². The number of aldehydes is 1. The Balaban J connectivity index is 2.77. The molecule has 0 fully saturated rings. The summed E-state index contributed by atoms with van der Waals surface area (Å²) in [5.74, 6) is -0.451. The van der Waals surface area contributed by atoms with E-state index in [1.807, 2.05) is 0 Å². The highest BCUT2D eigenvalue weighted by atomic mass is 16.3. The van der Waals surface area contributed by atoms with Crippen LogP contribution in [0.1, 0.15) is 11.7 Å². The Morgan fingerprint density at radius 2 is 2.62 bits per heavy atom. The lowest BCUT2D eigenvalue weighted by atomic mass is 10.0. The summed E-state index contributed by atoms with van der Waals surface area (Å²) in [5, 5.41) is 11.8. The molecule has 3 N–H and O–H groups in total. The number of aliphatic hydroxyl groups is 1. The Labute approximate surface area is 76.2 Å². The van der Waals surface area contributed by atoms with E-state index < -0.39 is 5.92 Å². The van der Waals surface area contributed by atoms with E-state index in [-0.39, 0.29) is 12.6 Å². The van der Waals surface area contributed by atoms with Crippen molar-refractivity contribution in [2.24, 2.45) is 5.92 Å². The second-order valence-corrected chi connectivity index (χ2v) is 2.74. The van der Waals surface area contributed by atoms with E-state index in [1.165, 1.54) is 0 Å². The average molecular weight is 183 g/mol. The van der Waals surface area contributed by atoms with Crippen LogP contribution in [0.5, 0.6) is 0 Å². The Morgan fingerprint density at radius 1 is 1.85 bits per heavy atom. The number of hydrogen-bond acceptors (Lipinski definition) is 4. The number of carbonyl (C=O) groups is 1. The molecule has 0 aliphatic rings. The molecule has 0 aliphatic carbocycles. The van der Waals surface area contributed by atoms with Crippen molar-refractivity contribution in [2.45, 2.75) is 6.04 Å². The van der Waals surface area contributed by atoms with Crippen LogP contribution in [-0.4, -0.2) is 35.0 Å². The van der Waals surface area contributed by atoms with Crippen molar-refractivity contribution in [3.8, 4) is 0 Å². The molecule has 5 heteroatoms. The third-order valence-electron chi connectivity index (χ3n) is 1.96. The minimum Gasteiger partial charge on any atom is -0.396 e. The van der Waals surface area contributed by atoms with Gasteiger partial charge in [0.05, 0.1) is 30.6 Å². The van der Waals surface area contributed by atoms with Crippen LogP contribution in [0.3, 0.4) is 0 Å². The molecule has 13 heavy (non-hydrogen) atoms. The fourth-order valence-electron chi connectivity index (χ4n) is 1.25. The monoisotopic (exact) mass is 183 g/mol. The molecule has 0 amide bonds. The number of aliphatic hydroxyl groups excluding tert-OH is 1. The zero-order valence-electron chi connectivity index (χ0n) is 7.40. The summed E-state index contributed by atoms with van der Waals surface area (Å²) < 4.78 is 0. The van der Waals surface area contributed by atoms with E-state index >= 15 is 0 Å². The Hall–Kier alpha value is -1.20. The maximum Gasteiger partial charge on any atom is 0.127 e. The molecule has 0 spiro atoms. The summed E-state index contributed by atoms with van der Waals surface area (Å²) in [7, 11) is 1.73. The highest BCUT2D eigenvalue weighted by Gasteiger charge is 2.21. The van der Waals surface area contributed by atoms with Crippen LogP contribution in [0.25, 0.3) is 0 Å². The fourth-order valence-corrected chi connectivity index (χ4v) is 1.25. The lowest BCUT2D eigenvalue weighted by Gasteiger charge is -2.18. The van der Waals surface area contributed by atoms with Crippen molar-refractivity contribution in [1.29, 1.82) is 0 Å². The summed E-state index contributed by atoms with van der Waals surface area (Å²) in [6.45, 7) is -0.179. The van der Waals surface area contributed by atoms with Crippen LogP contribution in [-0.2, 0) is 4.79 Å². The number of carbonyl (C=O) groups excluding carboxylic acids is 1. The molecule has 2 unspecified atom stereocenters. The number of rotatable bonds is 5. The van der Waals surface area contributed by atoms with E-state index in [4.69, 9.17) is 5.11 Å². The first kappa shape index (κ1) is 9.88. The number of nitrogens with zero attached hydrogens (tertiary/aromatic N) is 1. The van der Waals surface area contributed by atoms with Gasteiger partial charge in [-0.2, -0.15) is 0 Å². The molecule has 0 aliphatic heterocycles. The van der Waals surface area contributed by atoms with Gasteiger partial charge in [0, 0.05) is 6.20 Å². The standard InChI is InChI=1S/C8H13N3O2/c1-9-8(6(3-12)4-13)7-2-10-5-11-7/h2-3,5-6,8-9,13H,4H2,1H3,(H,10,11). The van der Waals surface area contributed by atoms with Crippen LogP contribution in [0.15, 0.2) is 12.5 Å². The Kier molecular flexibility index (Phi) is 3.60. The normalized spacial score (nSPS) is 15.2. The molecular weight excluding hydrogens is 170 g/mol. The zero-order valence-corrected chi connectivity index (χ0v) is 7.40. The summed E-state index contributed by atoms with van der Waals surface area (Å²) in [4.78, 5) is 17.4. The van der Waals surface area contributed by atoms with Crippen molar-refractivity contribution in [3.05, 3.63) is 18.2 Å². The number of nitrogens with one attached hydrogen (secondary N) is 2. The van der Waals surface area contributed by atoms with Gasteiger partial charge in [0.15, 0.2) is 0 Å². The molecule has 1 rings (SSSR count). The lowest BCUT2D eigenvalue weighted by molar-refractivity contribution is -0.113. The molecule has 0 aromatic carbocycles. The van der Waals surface area contributed by atoms with Crippen molar-refractivity contribution in [3.63, 3.8) is 0 Å². The predicted molar refractivity (Wildman–Crippen MR) is 47.0 cm³/mol. The number of imidazole rings is 1. The maximum absolute atomic E-state index is 10.6. The summed E-state index contributed by atoms with van der Waals surface area (Å²) >= 11 is 0. The SMILES string of the molecule is CNC(c1c[nH]cn1)C(C=O)CO. The highest BCUT2D eigenvalue weighted by Crippen LogP contribution is 2.16. The summed E-state index contributed by atoms with van der Waals surface area (Å²) in [5.41, 5.74) is 0.730. The molecule has 1 heterocycles. The van der Waals surface area contributed by atoms with E-state index in [1.54, 1.807) is 19.6 Å². The van der Waals surface area contributed by atoms with Gasteiger partial charge >= 0.3 is 0 Å². The van der Waals surface area contributed by atoms with Gasteiger partial charge in [-0.25, -0.2) is 4.98 Å². The summed E-state index contributed by atoms with van der Waals surface area (Å²) in [6, 6.07) is -0.228. The fraction of sp³-hybridized carbons (Fsp3) is 0.500. The maximum atomic E-state index is 10.6. The van der Waals surface area contributed by atoms with E-state index in [2.05, 4.69) is 15.3 Å². The van der Waals surface area contributed by atoms with Crippen LogP contribution in [0.2, 0.25) is 0 Å². The molecule has 1 aromatic rings. The van der Waals surface area contributed by atoms with Gasteiger partial charge in [-0.3, -0.25) is 0 Å². The molecule has 1 aromatic heterocycles. The zero-order chi connectivity index (χ0) is 9.68. The predicted octanol–water partition coefficient (Wildman–Crippen LogP) is -0.522. The first-order valence-corrected chi connectivity index (χ1v) is 4.05. The topological polar surface area (TPSA) is 78.0 Å². The molecule has 0 bridgehead atoms. The molecule has 0 radical (unpaired) electrons.